The molecular formula is C13H24N2O3. The number of rotatable bonds is 6. The van der Waals surface area contributed by atoms with Gasteiger partial charge in [-0.3, -0.25) is 4.79 Å². The van der Waals surface area contributed by atoms with Gasteiger partial charge in [0.05, 0.1) is 5.41 Å². The summed E-state index contributed by atoms with van der Waals surface area (Å²) in [5.74, 6) is -0.337. The number of nitrogens with one attached hydrogen (secondary N) is 1. The molecule has 0 bridgehead atoms. The molecule has 0 heterocycles. The van der Waals surface area contributed by atoms with Gasteiger partial charge in [-0.05, 0) is 18.8 Å². The first kappa shape index (κ1) is 14.8. The summed E-state index contributed by atoms with van der Waals surface area (Å²) in [6.07, 6.45) is 3.29. The van der Waals surface area contributed by atoms with Gasteiger partial charge in [0.1, 0.15) is 0 Å². The van der Waals surface area contributed by atoms with Crippen molar-refractivity contribution < 1.29 is 14.7 Å². The zero-order valence-corrected chi connectivity index (χ0v) is 11.5. The minimum absolute atomic E-state index is 0.178. The lowest BCUT2D eigenvalue weighted by molar-refractivity contribution is -0.153. The molecule has 0 saturated heterocycles. The minimum atomic E-state index is -0.793. The number of urea groups is 1. The number of carbonyl (C=O) groups excluding carboxylic acids is 1. The predicted molar refractivity (Wildman–Crippen MR) is 69.4 cm³/mol. The van der Waals surface area contributed by atoms with Gasteiger partial charge in [0.15, 0.2) is 0 Å². The summed E-state index contributed by atoms with van der Waals surface area (Å²) in [6, 6.07) is -0.178. The van der Waals surface area contributed by atoms with Gasteiger partial charge in [0.25, 0.3) is 0 Å². The summed E-state index contributed by atoms with van der Waals surface area (Å²) < 4.78 is 0. The van der Waals surface area contributed by atoms with Crippen LogP contribution in [0.5, 0.6) is 0 Å². The molecule has 2 N–H and O–H groups in total. The maximum atomic E-state index is 11.8. The van der Waals surface area contributed by atoms with Crippen LogP contribution in [0.15, 0.2) is 0 Å². The van der Waals surface area contributed by atoms with E-state index in [0.717, 1.165) is 12.8 Å². The molecule has 1 fully saturated rings. The topological polar surface area (TPSA) is 69.6 Å². The first-order valence-corrected chi connectivity index (χ1v) is 6.63. The SMILES string of the molecule is CCC(C)CN(C)C(=O)NCC1(C(=O)O)CCC1. The van der Waals surface area contributed by atoms with Crippen LogP contribution in [0.25, 0.3) is 0 Å². The number of hydrogen-bond donors (Lipinski definition) is 2. The van der Waals surface area contributed by atoms with E-state index >= 15 is 0 Å². The van der Waals surface area contributed by atoms with Crippen LogP contribution < -0.4 is 5.32 Å². The molecular weight excluding hydrogens is 232 g/mol. The summed E-state index contributed by atoms with van der Waals surface area (Å²) >= 11 is 0. The molecule has 0 aromatic rings. The van der Waals surface area contributed by atoms with Crippen molar-refractivity contribution in [1.82, 2.24) is 10.2 Å². The summed E-state index contributed by atoms with van der Waals surface area (Å²) in [4.78, 5) is 24.6. The van der Waals surface area contributed by atoms with Crippen molar-refractivity contribution in [1.29, 1.82) is 0 Å². The molecule has 0 aliphatic heterocycles. The molecule has 1 aliphatic rings. The average Bonchev–Trinajstić information content (AvgIpc) is 2.26. The number of amides is 2. The van der Waals surface area contributed by atoms with Crippen molar-refractivity contribution in [2.45, 2.75) is 39.5 Å². The van der Waals surface area contributed by atoms with E-state index in [2.05, 4.69) is 19.2 Å². The summed E-state index contributed by atoms with van der Waals surface area (Å²) in [5.41, 5.74) is -0.715. The molecule has 5 heteroatoms. The van der Waals surface area contributed by atoms with E-state index in [-0.39, 0.29) is 12.6 Å². The molecule has 104 valence electrons. The predicted octanol–water partition coefficient (Wildman–Crippen LogP) is 1.93. The fraction of sp³-hybridized carbons (Fsp3) is 0.846. The number of carboxylic acids is 1. The molecule has 0 radical (unpaired) electrons. The normalized spacial score (nSPS) is 18.6. The van der Waals surface area contributed by atoms with Gasteiger partial charge >= 0.3 is 12.0 Å². The van der Waals surface area contributed by atoms with Crippen LogP contribution in [-0.2, 0) is 4.79 Å². The lowest BCUT2D eigenvalue weighted by Gasteiger charge is -2.38. The van der Waals surface area contributed by atoms with Crippen LogP contribution in [0.4, 0.5) is 4.79 Å². The number of carboxylic acid groups (broad SMARTS) is 1. The maximum absolute atomic E-state index is 11.8. The fourth-order valence-electron chi connectivity index (χ4n) is 2.13. The van der Waals surface area contributed by atoms with Gasteiger partial charge in [-0.15, -0.1) is 0 Å². The van der Waals surface area contributed by atoms with Crippen LogP contribution in [0.1, 0.15) is 39.5 Å². The average molecular weight is 256 g/mol. The van der Waals surface area contributed by atoms with Gasteiger partial charge in [-0.2, -0.15) is 0 Å². The molecule has 0 spiro atoms. The lowest BCUT2D eigenvalue weighted by atomic mass is 9.69. The second kappa shape index (κ2) is 6.07. The standard InChI is InChI=1S/C13H24N2O3/c1-4-10(2)8-15(3)12(18)14-9-13(11(16)17)6-5-7-13/h10H,4-9H2,1-3H3,(H,14,18)(H,16,17). The molecule has 0 aromatic carbocycles. The lowest BCUT2D eigenvalue weighted by Crippen LogP contribution is -2.50. The third-order valence-electron chi connectivity index (χ3n) is 3.97. The molecule has 5 nitrogen and oxygen atoms in total. The first-order valence-electron chi connectivity index (χ1n) is 6.63. The van der Waals surface area contributed by atoms with Crippen molar-refractivity contribution in [3.05, 3.63) is 0 Å². The third-order valence-corrected chi connectivity index (χ3v) is 3.97. The Kier molecular flexibility index (Phi) is 4.99. The molecule has 1 atom stereocenters. The summed E-state index contributed by atoms with van der Waals surface area (Å²) in [7, 11) is 1.75. The third kappa shape index (κ3) is 3.37. The first-order chi connectivity index (χ1) is 8.41. The Morgan fingerprint density at radius 1 is 1.44 bits per heavy atom. The number of aliphatic carboxylic acids is 1. The van der Waals surface area contributed by atoms with E-state index in [9.17, 15) is 9.59 Å². The highest BCUT2D eigenvalue weighted by atomic mass is 16.4. The Morgan fingerprint density at radius 3 is 2.44 bits per heavy atom. The fourth-order valence-corrected chi connectivity index (χ4v) is 2.13. The molecule has 1 rings (SSSR count). The minimum Gasteiger partial charge on any atom is -0.481 e. The molecule has 1 saturated carbocycles. The van der Waals surface area contributed by atoms with E-state index in [4.69, 9.17) is 5.11 Å². The van der Waals surface area contributed by atoms with E-state index < -0.39 is 11.4 Å². The Balaban J connectivity index is 2.38. The molecule has 18 heavy (non-hydrogen) atoms. The van der Waals surface area contributed by atoms with E-state index in [1.807, 2.05) is 0 Å². The van der Waals surface area contributed by atoms with Gasteiger partial charge < -0.3 is 15.3 Å². The highest BCUT2D eigenvalue weighted by Gasteiger charge is 2.44. The van der Waals surface area contributed by atoms with Gasteiger partial charge in [0.2, 0.25) is 0 Å². The highest BCUT2D eigenvalue weighted by molar-refractivity contribution is 5.78. The summed E-state index contributed by atoms with van der Waals surface area (Å²) in [6.45, 7) is 5.12. The van der Waals surface area contributed by atoms with Crippen molar-refractivity contribution >= 4 is 12.0 Å². The van der Waals surface area contributed by atoms with E-state index in [1.54, 1.807) is 11.9 Å². The Hall–Kier alpha value is -1.26. The molecule has 0 aromatic heterocycles. The van der Waals surface area contributed by atoms with Crippen LogP contribution in [-0.4, -0.2) is 42.1 Å². The molecule has 2 amide bonds. The Morgan fingerprint density at radius 2 is 2.06 bits per heavy atom. The van der Waals surface area contributed by atoms with E-state index in [0.29, 0.717) is 25.3 Å². The second-order valence-electron chi connectivity index (χ2n) is 5.49. The van der Waals surface area contributed by atoms with Gasteiger partial charge in [0, 0.05) is 20.1 Å². The Labute approximate surface area is 109 Å². The number of hydrogen-bond acceptors (Lipinski definition) is 2. The van der Waals surface area contributed by atoms with Gasteiger partial charge in [-0.25, -0.2) is 4.79 Å². The molecule has 1 unspecified atom stereocenters. The van der Waals surface area contributed by atoms with Crippen LogP contribution in [0.2, 0.25) is 0 Å². The largest absolute Gasteiger partial charge is 0.481 e. The number of nitrogens with zero attached hydrogens (tertiary/aromatic N) is 1. The quantitative estimate of drug-likeness (QED) is 0.763. The van der Waals surface area contributed by atoms with E-state index in [1.165, 1.54) is 0 Å². The van der Waals surface area contributed by atoms with Gasteiger partial charge in [-0.1, -0.05) is 26.7 Å². The van der Waals surface area contributed by atoms with Crippen molar-refractivity contribution in [2.75, 3.05) is 20.1 Å². The zero-order valence-electron chi connectivity index (χ0n) is 11.5. The van der Waals surface area contributed by atoms with Crippen molar-refractivity contribution in [2.24, 2.45) is 11.3 Å². The Bertz CT molecular complexity index is 313. The van der Waals surface area contributed by atoms with Crippen LogP contribution in [0, 0.1) is 11.3 Å². The van der Waals surface area contributed by atoms with Crippen LogP contribution >= 0.6 is 0 Å². The second-order valence-corrected chi connectivity index (χ2v) is 5.49. The van der Waals surface area contributed by atoms with Crippen LogP contribution in [0.3, 0.4) is 0 Å². The molecule has 1 aliphatic carbocycles. The smallest absolute Gasteiger partial charge is 0.317 e. The van der Waals surface area contributed by atoms with Crippen molar-refractivity contribution in [3.8, 4) is 0 Å². The maximum Gasteiger partial charge on any atom is 0.317 e. The van der Waals surface area contributed by atoms with Crippen molar-refractivity contribution in [3.63, 3.8) is 0 Å². The highest BCUT2D eigenvalue weighted by Crippen LogP contribution is 2.40. The zero-order chi connectivity index (χ0) is 13.8. The summed E-state index contributed by atoms with van der Waals surface area (Å²) in [5, 5.41) is 11.9. The number of carbonyl (C=O) groups is 2. The monoisotopic (exact) mass is 256 g/mol.